The number of hydrogen-bond donors (Lipinski definition) is 1. The number of nitrogens with one attached hydrogen (secondary N) is 1. The average Bonchev–Trinajstić information content (AvgIpc) is 3.45. The standard InChI is InChI=1S/C22H26N6O2/c1-30-19-8-3-2-5-16(19)13-23-20(29)15-9-11-27(12-10-15)21-17-6-4-7-18(17)26-22-24-14-25-28(21)22/h2-3,5,8,14-15H,4,6-7,9-13H2,1H3,(H,23,29). The van der Waals surface area contributed by atoms with Crippen molar-refractivity contribution in [3.8, 4) is 5.75 Å². The van der Waals surface area contributed by atoms with Gasteiger partial charge in [0.05, 0.1) is 12.8 Å². The van der Waals surface area contributed by atoms with E-state index in [-0.39, 0.29) is 11.8 Å². The van der Waals surface area contributed by atoms with Gasteiger partial charge in [-0.1, -0.05) is 18.2 Å². The van der Waals surface area contributed by atoms with Gasteiger partial charge in [0.2, 0.25) is 5.91 Å². The molecule has 0 unspecified atom stereocenters. The van der Waals surface area contributed by atoms with Gasteiger partial charge < -0.3 is 15.0 Å². The predicted octanol–water partition coefficient (Wildman–Crippen LogP) is 2.15. The van der Waals surface area contributed by atoms with E-state index in [4.69, 9.17) is 4.74 Å². The van der Waals surface area contributed by atoms with E-state index in [0.717, 1.165) is 68.0 Å². The summed E-state index contributed by atoms with van der Waals surface area (Å²) in [5, 5.41) is 7.51. The molecule has 30 heavy (non-hydrogen) atoms. The van der Waals surface area contributed by atoms with Crippen LogP contribution in [0.2, 0.25) is 0 Å². The molecule has 1 aliphatic carbocycles. The zero-order valence-corrected chi connectivity index (χ0v) is 17.2. The lowest BCUT2D eigenvalue weighted by Gasteiger charge is -2.34. The van der Waals surface area contributed by atoms with Gasteiger partial charge in [0.25, 0.3) is 5.78 Å². The molecule has 0 spiro atoms. The lowest BCUT2D eigenvalue weighted by molar-refractivity contribution is -0.125. The van der Waals surface area contributed by atoms with Gasteiger partial charge in [-0.05, 0) is 38.2 Å². The number of amides is 1. The molecule has 1 aromatic carbocycles. The van der Waals surface area contributed by atoms with Gasteiger partial charge in [0.1, 0.15) is 17.9 Å². The summed E-state index contributed by atoms with van der Waals surface area (Å²) in [4.78, 5) is 24.1. The summed E-state index contributed by atoms with van der Waals surface area (Å²) < 4.78 is 7.24. The summed E-state index contributed by atoms with van der Waals surface area (Å²) in [5.41, 5.74) is 3.45. The van der Waals surface area contributed by atoms with Crippen molar-refractivity contribution < 1.29 is 9.53 Å². The van der Waals surface area contributed by atoms with Gasteiger partial charge in [-0.15, -0.1) is 0 Å². The van der Waals surface area contributed by atoms with Crippen molar-refractivity contribution in [2.24, 2.45) is 5.92 Å². The fourth-order valence-electron chi connectivity index (χ4n) is 4.66. The van der Waals surface area contributed by atoms with E-state index in [1.54, 1.807) is 13.4 Å². The minimum atomic E-state index is 0.0251. The molecule has 1 aliphatic heterocycles. The molecule has 0 bridgehead atoms. The third kappa shape index (κ3) is 3.36. The van der Waals surface area contributed by atoms with Crippen LogP contribution in [-0.4, -0.2) is 45.7 Å². The van der Waals surface area contributed by atoms with Gasteiger partial charge in [-0.3, -0.25) is 4.79 Å². The molecule has 2 aliphatic rings. The monoisotopic (exact) mass is 406 g/mol. The van der Waals surface area contributed by atoms with Crippen LogP contribution in [-0.2, 0) is 24.2 Å². The van der Waals surface area contributed by atoms with Crippen molar-refractivity contribution in [2.75, 3.05) is 25.1 Å². The van der Waals surface area contributed by atoms with Crippen molar-refractivity contribution in [1.82, 2.24) is 24.9 Å². The Morgan fingerprint density at radius 3 is 2.90 bits per heavy atom. The van der Waals surface area contributed by atoms with Gasteiger partial charge >= 0.3 is 0 Å². The number of aryl methyl sites for hydroxylation is 1. The number of benzene rings is 1. The predicted molar refractivity (Wildman–Crippen MR) is 113 cm³/mol. The van der Waals surface area contributed by atoms with Gasteiger partial charge in [0.15, 0.2) is 0 Å². The number of hydrogen-bond acceptors (Lipinski definition) is 6. The van der Waals surface area contributed by atoms with Gasteiger partial charge in [-0.2, -0.15) is 14.6 Å². The number of ether oxygens (including phenoxy) is 1. The molecule has 3 heterocycles. The molecular weight excluding hydrogens is 380 g/mol. The van der Waals surface area contributed by atoms with E-state index in [1.807, 2.05) is 28.8 Å². The van der Waals surface area contributed by atoms with E-state index in [1.165, 1.54) is 5.56 Å². The van der Waals surface area contributed by atoms with Crippen molar-refractivity contribution in [3.05, 3.63) is 47.4 Å². The van der Waals surface area contributed by atoms with E-state index in [2.05, 4.69) is 25.3 Å². The third-order valence-corrected chi connectivity index (χ3v) is 6.23. The zero-order valence-electron chi connectivity index (χ0n) is 17.2. The summed E-state index contributed by atoms with van der Waals surface area (Å²) in [5.74, 6) is 2.74. The lowest BCUT2D eigenvalue weighted by Crippen LogP contribution is -2.41. The molecule has 1 saturated heterocycles. The van der Waals surface area contributed by atoms with E-state index >= 15 is 0 Å². The van der Waals surface area contributed by atoms with Crippen LogP contribution in [0.4, 0.5) is 5.82 Å². The Hall–Kier alpha value is -3.16. The maximum atomic E-state index is 12.8. The second-order valence-electron chi connectivity index (χ2n) is 7.98. The van der Waals surface area contributed by atoms with Crippen molar-refractivity contribution in [3.63, 3.8) is 0 Å². The SMILES string of the molecule is COc1ccccc1CNC(=O)C1CCN(c2c3c(nc4ncnn24)CCC3)CC1. The summed E-state index contributed by atoms with van der Waals surface area (Å²) in [6.07, 6.45) is 6.39. The largest absolute Gasteiger partial charge is 0.496 e. The molecule has 1 N–H and O–H groups in total. The first-order valence-electron chi connectivity index (χ1n) is 10.6. The summed E-state index contributed by atoms with van der Waals surface area (Å²) >= 11 is 0. The van der Waals surface area contributed by atoms with Crippen LogP contribution in [0.1, 0.15) is 36.1 Å². The molecule has 1 fully saturated rings. The topological polar surface area (TPSA) is 84.6 Å². The summed E-state index contributed by atoms with van der Waals surface area (Å²) in [6.45, 7) is 2.15. The van der Waals surface area contributed by atoms with Crippen LogP contribution < -0.4 is 15.0 Å². The number of fused-ring (bicyclic) bond motifs is 2. The second kappa shape index (κ2) is 7.93. The Morgan fingerprint density at radius 1 is 1.23 bits per heavy atom. The molecule has 3 aromatic rings. The summed E-state index contributed by atoms with van der Waals surface area (Å²) in [7, 11) is 1.65. The minimum Gasteiger partial charge on any atom is -0.496 e. The highest BCUT2D eigenvalue weighted by molar-refractivity contribution is 5.79. The molecule has 8 nitrogen and oxygen atoms in total. The molecular formula is C22H26N6O2. The lowest BCUT2D eigenvalue weighted by atomic mass is 9.95. The number of para-hydroxylation sites is 1. The maximum absolute atomic E-state index is 12.8. The molecule has 0 atom stereocenters. The first-order chi connectivity index (χ1) is 14.7. The fraction of sp³-hybridized carbons (Fsp3) is 0.455. The van der Waals surface area contributed by atoms with Crippen LogP contribution >= 0.6 is 0 Å². The second-order valence-corrected chi connectivity index (χ2v) is 7.98. The van der Waals surface area contributed by atoms with E-state index < -0.39 is 0 Å². The zero-order chi connectivity index (χ0) is 20.5. The quantitative estimate of drug-likeness (QED) is 0.699. The van der Waals surface area contributed by atoms with Gasteiger partial charge in [0, 0.05) is 36.7 Å². The first-order valence-corrected chi connectivity index (χ1v) is 10.6. The number of anilines is 1. The van der Waals surface area contributed by atoms with Crippen LogP contribution in [0.25, 0.3) is 5.78 Å². The number of nitrogens with zero attached hydrogens (tertiary/aromatic N) is 5. The van der Waals surface area contributed by atoms with Crippen LogP contribution in [0.3, 0.4) is 0 Å². The van der Waals surface area contributed by atoms with E-state index in [0.29, 0.717) is 12.3 Å². The highest BCUT2D eigenvalue weighted by Gasteiger charge is 2.30. The van der Waals surface area contributed by atoms with Crippen molar-refractivity contribution >= 4 is 17.5 Å². The van der Waals surface area contributed by atoms with Crippen molar-refractivity contribution in [1.29, 1.82) is 0 Å². The normalized spacial score (nSPS) is 16.6. The highest BCUT2D eigenvalue weighted by Crippen LogP contribution is 2.33. The number of carbonyl (C=O) groups is 1. The summed E-state index contributed by atoms with van der Waals surface area (Å²) in [6, 6.07) is 7.79. The number of rotatable bonds is 5. The Kier molecular flexibility index (Phi) is 4.98. The Bertz CT molecular complexity index is 1070. The Balaban J connectivity index is 1.25. The smallest absolute Gasteiger partial charge is 0.254 e. The first kappa shape index (κ1) is 18.8. The van der Waals surface area contributed by atoms with Gasteiger partial charge in [-0.25, -0.2) is 4.98 Å². The van der Waals surface area contributed by atoms with Crippen LogP contribution in [0, 0.1) is 5.92 Å². The third-order valence-electron chi connectivity index (χ3n) is 6.23. The number of piperidine rings is 1. The number of methoxy groups -OCH3 is 1. The average molecular weight is 406 g/mol. The van der Waals surface area contributed by atoms with Crippen molar-refractivity contribution in [2.45, 2.75) is 38.6 Å². The molecule has 5 rings (SSSR count). The molecule has 2 aromatic heterocycles. The fourth-order valence-corrected chi connectivity index (χ4v) is 4.66. The Labute approximate surface area is 175 Å². The number of aromatic nitrogens is 4. The maximum Gasteiger partial charge on any atom is 0.254 e. The van der Waals surface area contributed by atoms with Crippen LogP contribution in [0.5, 0.6) is 5.75 Å². The van der Waals surface area contributed by atoms with E-state index in [9.17, 15) is 4.79 Å². The molecule has 0 radical (unpaired) electrons. The molecule has 0 saturated carbocycles. The highest BCUT2D eigenvalue weighted by atomic mass is 16.5. The Morgan fingerprint density at radius 2 is 2.07 bits per heavy atom. The molecule has 8 heteroatoms. The molecule has 1 amide bonds. The number of carbonyl (C=O) groups excluding carboxylic acids is 1. The molecule has 156 valence electrons. The minimum absolute atomic E-state index is 0.0251. The van der Waals surface area contributed by atoms with Crippen LogP contribution in [0.15, 0.2) is 30.6 Å².